The summed E-state index contributed by atoms with van der Waals surface area (Å²) in [4.78, 5) is 33.5. The Balaban J connectivity index is 1.36. The lowest BCUT2D eigenvalue weighted by Gasteiger charge is -2.34. The first-order chi connectivity index (χ1) is 12.2. The summed E-state index contributed by atoms with van der Waals surface area (Å²) in [6.45, 7) is 3.07. The van der Waals surface area contributed by atoms with Gasteiger partial charge in [-0.1, -0.05) is 0 Å². The maximum Gasteiger partial charge on any atom is 0.270 e. The second kappa shape index (κ2) is 7.01. The van der Waals surface area contributed by atoms with Crippen molar-refractivity contribution in [3.63, 3.8) is 0 Å². The van der Waals surface area contributed by atoms with Crippen LogP contribution in [-0.2, 0) is 4.74 Å². The number of nitrogens with zero attached hydrogens (tertiary/aromatic N) is 2. The minimum Gasteiger partial charge on any atom is -0.373 e. The van der Waals surface area contributed by atoms with Crippen LogP contribution in [0.25, 0.3) is 0 Å². The molecule has 7 heteroatoms. The molecule has 4 heterocycles. The number of carbonyl (C=O) groups is 2. The van der Waals surface area contributed by atoms with Crippen LogP contribution < -0.4 is 0 Å². The lowest BCUT2D eigenvalue weighted by Crippen LogP contribution is -2.50. The van der Waals surface area contributed by atoms with Gasteiger partial charge >= 0.3 is 0 Å². The molecule has 4 rings (SSSR count). The minimum absolute atomic E-state index is 0.00566. The fourth-order valence-corrected chi connectivity index (χ4v) is 4.40. The smallest absolute Gasteiger partial charge is 0.270 e. The van der Waals surface area contributed by atoms with Crippen LogP contribution in [0.2, 0.25) is 0 Å². The molecular formula is C18H21N3O3S. The number of hydrogen-bond donors (Lipinski definition) is 1. The van der Waals surface area contributed by atoms with Gasteiger partial charge in [-0.3, -0.25) is 9.59 Å². The normalized spacial score (nSPS) is 20.9. The molecule has 6 nitrogen and oxygen atoms in total. The van der Waals surface area contributed by atoms with Crippen molar-refractivity contribution < 1.29 is 14.3 Å². The van der Waals surface area contributed by atoms with Crippen LogP contribution in [0.4, 0.5) is 0 Å². The molecule has 2 aromatic heterocycles. The highest BCUT2D eigenvalue weighted by molar-refractivity contribution is 7.14. The van der Waals surface area contributed by atoms with E-state index in [-0.39, 0.29) is 17.9 Å². The Morgan fingerprint density at radius 1 is 1.08 bits per heavy atom. The number of thiophene rings is 1. The van der Waals surface area contributed by atoms with Crippen molar-refractivity contribution >= 4 is 23.2 Å². The van der Waals surface area contributed by atoms with Gasteiger partial charge in [0.05, 0.1) is 11.0 Å². The standard InChI is InChI=1S/C18H21N3O3S/c22-17(13-3-1-7-19-13)20-8-10-21(11-9-20)18(23)16-6-5-15(25-16)14-4-2-12-24-14/h1,3,5-7,14,19H,2,4,8-12H2. The fraction of sp³-hybridized carbons (Fsp3) is 0.444. The first-order valence-corrected chi connectivity index (χ1v) is 9.47. The molecule has 2 amide bonds. The third-order valence-corrected chi connectivity index (χ3v) is 5.93. The molecule has 1 N–H and O–H groups in total. The summed E-state index contributed by atoms with van der Waals surface area (Å²) in [6.07, 6.45) is 4.02. The maximum atomic E-state index is 12.7. The van der Waals surface area contributed by atoms with Crippen LogP contribution in [0, 0.1) is 0 Å². The summed E-state index contributed by atoms with van der Waals surface area (Å²) in [6, 6.07) is 7.51. The second-order valence-electron chi connectivity index (χ2n) is 6.37. The zero-order valence-corrected chi connectivity index (χ0v) is 14.8. The summed E-state index contributed by atoms with van der Waals surface area (Å²) in [5, 5.41) is 0. The molecule has 0 spiro atoms. The van der Waals surface area contributed by atoms with Crippen LogP contribution in [0.5, 0.6) is 0 Å². The second-order valence-corrected chi connectivity index (χ2v) is 7.49. The lowest BCUT2D eigenvalue weighted by molar-refractivity contribution is 0.0535. The van der Waals surface area contributed by atoms with Gasteiger partial charge in [0.1, 0.15) is 5.69 Å². The predicted molar refractivity (Wildman–Crippen MR) is 94.8 cm³/mol. The molecule has 132 valence electrons. The Labute approximate surface area is 150 Å². The zero-order valence-electron chi connectivity index (χ0n) is 13.9. The minimum atomic E-state index is -0.00566. The summed E-state index contributed by atoms with van der Waals surface area (Å²) in [7, 11) is 0. The van der Waals surface area contributed by atoms with Crippen LogP contribution in [-0.4, -0.2) is 59.4 Å². The summed E-state index contributed by atoms with van der Waals surface area (Å²) in [5.41, 5.74) is 0.597. The average Bonchev–Trinajstić information content (AvgIpc) is 3.42. The van der Waals surface area contributed by atoms with E-state index in [0.717, 1.165) is 29.2 Å². The predicted octanol–water partition coefficient (Wildman–Crippen LogP) is 2.53. The first-order valence-electron chi connectivity index (χ1n) is 8.65. The fourth-order valence-electron chi connectivity index (χ4n) is 3.35. The monoisotopic (exact) mass is 359 g/mol. The largest absolute Gasteiger partial charge is 0.373 e. The molecule has 2 saturated heterocycles. The van der Waals surface area contributed by atoms with E-state index in [0.29, 0.717) is 31.9 Å². The number of rotatable bonds is 3. The molecule has 0 bridgehead atoms. The number of aromatic amines is 1. The van der Waals surface area contributed by atoms with Crippen molar-refractivity contribution in [2.24, 2.45) is 0 Å². The van der Waals surface area contributed by atoms with Crippen LogP contribution in [0.15, 0.2) is 30.5 Å². The molecule has 2 fully saturated rings. The van der Waals surface area contributed by atoms with Crippen molar-refractivity contribution in [3.8, 4) is 0 Å². The van der Waals surface area contributed by atoms with Gasteiger partial charge in [-0.25, -0.2) is 0 Å². The lowest BCUT2D eigenvalue weighted by atomic mass is 10.2. The molecule has 0 radical (unpaired) electrons. The van der Waals surface area contributed by atoms with Gasteiger partial charge in [-0.05, 0) is 37.1 Å². The molecule has 0 aromatic carbocycles. The molecule has 2 aromatic rings. The number of aromatic nitrogens is 1. The van der Waals surface area contributed by atoms with Crippen molar-refractivity contribution in [2.45, 2.75) is 18.9 Å². The summed E-state index contributed by atoms with van der Waals surface area (Å²) >= 11 is 1.54. The quantitative estimate of drug-likeness (QED) is 0.916. The van der Waals surface area contributed by atoms with E-state index in [2.05, 4.69) is 4.98 Å². The van der Waals surface area contributed by atoms with Crippen LogP contribution in [0.1, 0.15) is 44.0 Å². The van der Waals surface area contributed by atoms with Gasteiger partial charge in [0.15, 0.2) is 0 Å². The Hall–Kier alpha value is -2.12. The molecule has 0 saturated carbocycles. The van der Waals surface area contributed by atoms with Gasteiger partial charge in [-0.15, -0.1) is 11.3 Å². The van der Waals surface area contributed by atoms with Gasteiger partial charge in [0, 0.05) is 43.9 Å². The van der Waals surface area contributed by atoms with E-state index in [1.54, 1.807) is 17.2 Å². The van der Waals surface area contributed by atoms with Crippen LogP contribution in [0.3, 0.4) is 0 Å². The molecular weight excluding hydrogens is 338 g/mol. The maximum absolute atomic E-state index is 12.7. The highest BCUT2D eigenvalue weighted by Crippen LogP contribution is 2.33. The topological polar surface area (TPSA) is 65.6 Å². The Morgan fingerprint density at radius 3 is 2.48 bits per heavy atom. The average molecular weight is 359 g/mol. The molecule has 2 aliphatic rings. The number of ether oxygens (including phenoxy) is 1. The molecule has 1 atom stereocenters. The van der Waals surface area contributed by atoms with E-state index < -0.39 is 0 Å². The molecule has 2 aliphatic heterocycles. The number of carbonyl (C=O) groups excluding carboxylic acids is 2. The summed E-state index contributed by atoms with van der Waals surface area (Å²) in [5.74, 6) is 0.0510. The van der Waals surface area contributed by atoms with E-state index in [1.165, 1.54) is 11.3 Å². The molecule has 0 aliphatic carbocycles. The van der Waals surface area contributed by atoms with E-state index in [1.807, 2.05) is 23.1 Å². The van der Waals surface area contributed by atoms with Gasteiger partial charge in [-0.2, -0.15) is 0 Å². The Morgan fingerprint density at radius 2 is 1.84 bits per heavy atom. The number of piperazine rings is 1. The van der Waals surface area contributed by atoms with Gasteiger partial charge < -0.3 is 19.5 Å². The van der Waals surface area contributed by atoms with Gasteiger partial charge in [0.25, 0.3) is 11.8 Å². The van der Waals surface area contributed by atoms with Crippen molar-refractivity contribution in [1.82, 2.24) is 14.8 Å². The number of hydrogen-bond acceptors (Lipinski definition) is 4. The third-order valence-electron chi connectivity index (χ3n) is 4.77. The van der Waals surface area contributed by atoms with Crippen molar-refractivity contribution in [3.05, 3.63) is 45.9 Å². The summed E-state index contributed by atoms with van der Waals surface area (Å²) < 4.78 is 5.69. The van der Waals surface area contributed by atoms with E-state index in [9.17, 15) is 9.59 Å². The Bertz CT molecular complexity index is 741. The van der Waals surface area contributed by atoms with Crippen LogP contribution >= 0.6 is 11.3 Å². The number of amides is 2. The third kappa shape index (κ3) is 3.34. The highest BCUT2D eigenvalue weighted by Gasteiger charge is 2.27. The van der Waals surface area contributed by atoms with E-state index in [4.69, 9.17) is 4.74 Å². The zero-order chi connectivity index (χ0) is 17.2. The van der Waals surface area contributed by atoms with Crippen molar-refractivity contribution in [2.75, 3.05) is 32.8 Å². The SMILES string of the molecule is O=C(c1ccc[nH]1)N1CCN(C(=O)c2ccc(C3CCCO3)s2)CC1. The highest BCUT2D eigenvalue weighted by atomic mass is 32.1. The van der Waals surface area contributed by atoms with E-state index >= 15 is 0 Å². The number of nitrogens with one attached hydrogen (secondary N) is 1. The molecule has 1 unspecified atom stereocenters. The molecule has 25 heavy (non-hydrogen) atoms. The van der Waals surface area contributed by atoms with Crippen molar-refractivity contribution in [1.29, 1.82) is 0 Å². The number of H-pyrrole nitrogens is 1. The van der Waals surface area contributed by atoms with Gasteiger partial charge in [0.2, 0.25) is 0 Å². The first kappa shape index (κ1) is 16.4. The Kier molecular flexibility index (Phi) is 4.59.